The van der Waals surface area contributed by atoms with Crippen molar-refractivity contribution >= 4 is 27.9 Å². The second-order valence-electron chi connectivity index (χ2n) is 5.45. The molecule has 0 aliphatic carbocycles. The molecule has 1 heterocycles. The molecule has 1 aromatic heterocycles. The highest BCUT2D eigenvalue weighted by molar-refractivity contribution is 6.08. The van der Waals surface area contributed by atoms with E-state index in [-0.39, 0.29) is 0 Å². The van der Waals surface area contributed by atoms with Gasteiger partial charge < -0.3 is 15.3 Å². The van der Waals surface area contributed by atoms with Crippen molar-refractivity contribution in [1.82, 2.24) is 0 Å². The van der Waals surface area contributed by atoms with Gasteiger partial charge in [0.05, 0.1) is 5.41 Å². The van der Waals surface area contributed by atoms with E-state index in [1.165, 1.54) is 0 Å². The molecule has 0 spiro atoms. The second-order valence-corrected chi connectivity index (χ2v) is 5.45. The fourth-order valence-corrected chi connectivity index (χ4v) is 2.88. The lowest BCUT2D eigenvalue weighted by Gasteiger charge is -2.25. The summed E-state index contributed by atoms with van der Waals surface area (Å²) in [6, 6.07) is 13.2. The van der Waals surface area contributed by atoms with Crippen molar-refractivity contribution in [2.24, 2.45) is 5.73 Å². The van der Waals surface area contributed by atoms with Gasteiger partial charge in [-0.2, -0.15) is 0 Å². The summed E-state index contributed by atoms with van der Waals surface area (Å²) in [4.78, 5) is 11.8. The molecule has 21 heavy (non-hydrogen) atoms. The average molecular weight is 283 g/mol. The van der Waals surface area contributed by atoms with Gasteiger partial charge in [0.1, 0.15) is 11.2 Å². The maximum absolute atomic E-state index is 11.8. The summed E-state index contributed by atoms with van der Waals surface area (Å²) in [5.41, 5.74) is 6.83. The van der Waals surface area contributed by atoms with Crippen molar-refractivity contribution in [3.8, 4) is 0 Å². The largest absolute Gasteiger partial charge is 0.481 e. The highest BCUT2D eigenvalue weighted by Gasteiger charge is 2.36. The van der Waals surface area contributed by atoms with Crippen LogP contribution in [0.15, 0.2) is 46.9 Å². The van der Waals surface area contributed by atoms with Crippen molar-refractivity contribution < 1.29 is 14.3 Å². The summed E-state index contributed by atoms with van der Waals surface area (Å²) in [5, 5.41) is 11.5. The molecular formula is C17H17NO3. The molecule has 4 nitrogen and oxygen atoms in total. The van der Waals surface area contributed by atoms with Crippen LogP contribution in [0.1, 0.15) is 18.9 Å². The van der Waals surface area contributed by atoms with E-state index in [1.54, 1.807) is 6.92 Å². The highest BCUT2D eigenvalue weighted by Crippen LogP contribution is 2.38. The van der Waals surface area contributed by atoms with Gasteiger partial charge >= 0.3 is 5.97 Å². The number of nitrogens with two attached hydrogens (primary N) is 1. The lowest BCUT2D eigenvalue weighted by Crippen LogP contribution is -2.34. The Morgan fingerprint density at radius 1 is 1.19 bits per heavy atom. The van der Waals surface area contributed by atoms with E-state index in [0.717, 1.165) is 21.9 Å². The predicted molar refractivity (Wildman–Crippen MR) is 82.4 cm³/mol. The third-order valence-corrected chi connectivity index (χ3v) is 4.11. The van der Waals surface area contributed by atoms with Gasteiger partial charge in [0.2, 0.25) is 0 Å². The molecule has 0 aliphatic rings. The minimum absolute atomic E-state index is 0.314. The Morgan fingerprint density at radius 3 is 2.62 bits per heavy atom. The molecule has 3 rings (SSSR count). The Labute approximate surface area is 122 Å². The zero-order chi connectivity index (χ0) is 15.0. The molecule has 108 valence electrons. The fourth-order valence-electron chi connectivity index (χ4n) is 2.88. The molecule has 4 heteroatoms. The Morgan fingerprint density at radius 2 is 1.90 bits per heavy atom. The second kappa shape index (κ2) is 4.90. The number of hydrogen-bond donors (Lipinski definition) is 2. The van der Waals surface area contributed by atoms with Gasteiger partial charge in [-0.15, -0.1) is 0 Å². The number of fused-ring (bicyclic) bond motifs is 3. The maximum atomic E-state index is 11.8. The number of aliphatic carboxylic acids is 1. The molecule has 2 aromatic carbocycles. The molecule has 0 radical (unpaired) electrons. The van der Waals surface area contributed by atoms with Crippen LogP contribution in [-0.2, 0) is 10.2 Å². The summed E-state index contributed by atoms with van der Waals surface area (Å²) < 4.78 is 5.82. The van der Waals surface area contributed by atoms with Crippen LogP contribution >= 0.6 is 0 Å². The average Bonchev–Trinajstić information content (AvgIpc) is 2.85. The first-order valence-corrected chi connectivity index (χ1v) is 6.92. The molecule has 1 atom stereocenters. The van der Waals surface area contributed by atoms with E-state index >= 15 is 0 Å². The van der Waals surface area contributed by atoms with E-state index in [2.05, 4.69) is 0 Å². The van der Waals surface area contributed by atoms with E-state index < -0.39 is 11.4 Å². The quantitative estimate of drug-likeness (QED) is 0.770. The highest BCUT2D eigenvalue weighted by atomic mass is 16.4. The number of furan rings is 1. The third kappa shape index (κ3) is 1.99. The van der Waals surface area contributed by atoms with Crippen LogP contribution in [0.3, 0.4) is 0 Å². The first kappa shape index (κ1) is 13.6. The molecule has 3 aromatic rings. The van der Waals surface area contributed by atoms with Gasteiger partial charge in [-0.25, -0.2) is 0 Å². The van der Waals surface area contributed by atoms with E-state index in [0.29, 0.717) is 18.5 Å². The van der Waals surface area contributed by atoms with Gasteiger partial charge in [-0.3, -0.25) is 4.79 Å². The zero-order valence-electron chi connectivity index (χ0n) is 11.8. The first-order valence-electron chi connectivity index (χ1n) is 6.92. The number of hydrogen-bond acceptors (Lipinski definition) is 3. The molecule has 0 saturated carbocycles. The monoisotopic (exact) mass is 283 g/mol. The van der Waals surface area contributed by atoms with Gasteiger partial charge in [-0.1, -0.05) is 30.3 Å². The van der Waals surface area contributed by atoms with Crippen molar-refractivity contribution in [2.45, 2.75) is 18.8 Å². The van der Waals surface area contributed by atoms with Gasteiger partial charge in [0.15, 0.2) is 0 Å². The van der Waals surface area contributed by atoms with Crippen LogP contribution in [0.4, 0.5) is 0 Å². The maximum Gasteiger partial charge on any atom is 0.313 e. The summed E-state index contributed by atoms with van der Waals surface area (Å²) in [6.45, 7) is 2.04. The van der Waals surface area contributed by atoms with Gasteiger partial charge in [-0.05, 0) is 37.6 Å². The molecule has 0 amide bonds. The predicted octanol–water partition coefficient (Wildman–Crippen LogP) is 3.28. The Balaban J connectivity index is 2.39. The van der Waals surface area contributed by atoms with Gasteiger partial charge in [0.25, 0.3) is 0 Å². The summed E-state index contributed by atoms with van der Waals surface area (Å²) in [6.07, 6.45) is 0.376. The van der Waals surface area contributed by atoms with Crippen LogP contribution in [0.2, 0.25) is 0 Å². The van der Waals surface area contributed by atoms with Crippen molar-refractivity contribution in [3.63, 3.8) is 0 Å². The van der Waals surface area contributed by atoms with E-state index in [1.807, 2.05) is 42.5 Å². The molecule has 0 bridgehead atoms. The van der Waals surface area contributed by atoms with Crippen LogP contribution in [0, 0.1) is 0 Å². The minimum Gasteiger partial charge on any atom is -0.481 e. The van der Waals surface area contributed by atoms with Crippen molar-refractivity contribution in [3.05, 3.63) is 48.0 Å². The molecule has 0 saturated heterocycles. The van der Waals surface area contributed by atoms with E-state index in [4.69, 9.17) is 10.2 Å². The number of rotatable bonds is 4. The minimum atomic E-state index is -1.03. The van der Waals surface area contributed by atoms with Crippen LogP contribution < -0.4 is 5.73 Å². The van der Waals surface area contributed by atoms with Crippen molar-refractivity contribution in [1.29, 1.82) is 0 Å². The Hall–Kier alpha value is -2.33. The molecule has 0 fully saturated rings. The SMILES string of the molecule is CC(CCN)(C(=O)O)c1cccc2oc3ccccc3c12. The molecule has 3 N–H and O–H groups in total. The molecular weight excluding hydrogens is 266 g/mol. The normalized spacial score (nSPS) is 14.4. The summed E-state index contributed by atoms with van der Waals surface area (Å²) >= 11 is 0. The van der Waals surface area contributed by atoms with Crippen LogP contribution in [0.5, 0.6) is 0 Å². The van der Waals surface area contributed by atoms with E-state index in [9.17, 15) is 9.90 Å². The Kier molecular flexibility index (Phi) is 3.18. The van der Waals surface area contributed by atoms with Crippen LogP contribution in [0.25, 0.3) is 21.9 Å². The van der Waals surface area contributed by atoms with Crippen molar-refractivity contribution in [2.75, 3.05) is 6.54 Å². The number of carboxylic acids is 1. The lowest BCUT2D eigenvalue weighted by atomic mass is 9.77. The van der Waals surface area contributed by atoms with Gasteiger partial charge in [0, 0.05) is 10.8 Å². The summed E-state index contributed by atoms with van der Waals surface area (Å²) in [7, 11) is 0. The zero-order valence-corrected chi connectivity index (χ0v) is 11.8. The van der Waals surface area contributed by atoms with Crippen LogP contribution in [-0.4, -0.2) is 17.6 Å². The standard InChI is InChI=1S/C17H17NO3/c1-17(9-10-18,16(19)20)12-6-4-8-14-15(12)11-5-2-3-7-13(11)21-14/h2-8H,9-10,18H2,1H3,(H,19,20). The first-order chi connectivity index (χ1) is 10.1. The smallest absolute Gasteiger partial charge is 0.313 e. The third-order valence-electron chi connectivity index (χ3n) is 4.11. The number of carbonyl (C=O) groups is 1. The number of carboxylic acid groups (broad SMARTS) is 1. The number of para-hydroxylation sites is 1. The fraction of sp³-hybridized carbons (Fsp3) is 0.235. The molecule has 0 aliphatic heterocycles. The lowest BCUT2D eigenvalue weighted by molar-refractivity contribution is -0.143. The topological polar surface area (TPSA) is 76.5 Å². The molecule has 1 unspecified atom stereocenters. The Bertz CT molecular complexity index is 821. The number of benzene rings is 2. The summed E-state index contributed by atoms with van der Waals surface area (Å²) in [5.74, 6) is -0.870.